The third kappa shape index (κ3) is 5.74. The number of hydrogen-bond donors (Lipinski definition) is 1. The Morgan fingerprint density at radius 2 is 1.80 bits per heavy atom. The second kappa shape index (κ2) is 8.22. The van der Waals surface area contributed by atoms with Crippen LogP contribution < -0.4 is 5.32 Å². The predicted molar refractivity (Wildman–Crippen MR) is 103 cm³/mol. The van der Waals surface area contributed by atoms with Crippen LogP contribution in [-0.4, -0.2) is 42.8 Å². The summed E-state index contributed by atoms with van der Waals surface area (Å²) in [6.07, 6.45) is 1.73. The van der Waals surface area contributed by atoms with E-state index in [9.17, 15) is 4.79 Å². The number of nitrogens with one attached hydrogen (secondary N) is 1. The van der Waals surface area contributed by atoms with Gasteiger partial charge in [-0.05, 0) is 51.6 Å². The predicted octanol–water partition coefficient (Wildman–Crippen LogP) is 4.20. The lowest BCUT2D eigenvalue weighted by atomic mass is 9.72. The highest BCUT2D eigenvalue weighted by Crippen LogP contribution is 2.35. The summed E-state index contributed by atoms with van der Waals surface area (Å²) in [6, 6.07) is 10.7. The molecule has 1 amide bonds. The molecule has 0 saturated carbocycles. The minimum absolute atomic E-state index is 0.0919. The van der Waals surface area contributed by atoms with Crippen molar-refractivity contribution >= 4 is 6.09 Å². The maximum absolute atomic E-state index is 12.4. The van der Waals surface area contributed by atoms with E-state index in [0.29, 0.717) is 5.92 Å². The van der Waals surface area contributed by atoms with E-state index in [-0.39, 0.29) is 11.5 Å². The molecule has 25 heavy (non-hydrogen) atoms. The molecule has 1 N–H and O–H groups in total. The third-order valence-electron chi connectivity index (χ3n) is 4.77. The van der Waals surface area contributed by atoms with Gasteiger partial charge >= 0.3 is 6.09 Å². The van der Waals surface area contributed by atoms with Crippen molar-refractivity contribution in [2.24, 2.45) is 5.92 Å². The Morgan fingerprint density at radius 3 is 2.32 bits per heavy atom. The van der Waals surface area contributed by atoms with E-state index in [4.69, 9.17) is 4.74 Å². The molecule has 1 fully saturated rings. The van der Waals surface area contributed by atoms with Crippen LogP contribution in [0.3, 0.4) is 0 Å². The van der Waals surface area contributed by atoms with Crippen LogP contribution in [0.2, 0.25) is 0 Å². The van der Waals surface area contributed by atoms with Gasteiger partial charge in [0.2, 0.25) is 0 Å². The van der Waals surface area contributed by atoms with Gasteiger partial charge in [-0.2, -0.15) is 0 Å². The van der Waals surface area contributed by atoms with Crippen LogP contribution in [0.25, 0.3) is 0 Å². The van der Waals surface area contributed by atoms with E-state index >= 15 is 0 Å². The zero-order valence-electron chi connectivity index (χ0n) is 16.5. The summed E-state index contributed by atoms with van der Waals surface area (Å²) in [6.45, 7) is 13.7. The average molecular weight is 347 g/mol. The van der Waals surface area contributed by atoms with E-state index in [1.54, 1.807) is 0 Å². The van der Waals surface area contributed by atoms with Gasteiger partial charge < -0.3 is 15.0 Å². The molecule has 4 nitrogen and oxygen atoms in total. The minimum Gasteiger partial charge on any atom is -0.444 e. The Bertz CT molecular complexity index is 541. The van der Waals surface area contributed by atoms with E-state index in [1.807, 2.05) is 25.7 Å². The Morgan fingerprint density at radius 1 is 1.20 bits per heavy atom. The maximum atomic E-state index is 12.4. The summed E-state index contributed by atoms with van der Waals surface area (Å²) >= 11 is 0. The summed E-state index contributed by atoms with van der Waals surface area (Å²) in [5.41, 5.74) is 1.02. The van der Waals surface area contributed by atoms with Gasteiger partial charge in [0.25, 0.3) is 0 Å². The third-order valence-corrected chi connectivity index (χ3v) is 4.77. The number of amides is 1. The van der Waals surface area contributed by atoms with Crippen molar-refractivity contribution in [1.82, 2.24) is 10.2 Å². The SMILES string of the molecule is CC(C)CNCC1(c2ccccc2)CCN(C(=O)OC(C)(C)C)CC1. The number of carbonyl (C=O) groups is 1. The Hall–Kier alpha value is -1.55. The number of hydrogen-bond acceptors (Lipinski definition) is 3. The fraction of sp³-hybridized carbons (Fsp3) is 0.667. The van der Waals surface area contributed by atoms with Gasteiger partial charge in [-0.25, -0.2) is 4.79 Å². The Kier molecular flexibility index (Phi) is 6.50. The zero-order chi connectivity index (χ0) is 18.5. The molecule has 1 aliphatic heterocycles. The topological polar surface area (TPSA) is 41.6 Å². The Labute approximate surface area is 152 Å². The molecule has 0 unspecified atom stereocenters. The van der Waals surface area contributed by atoms with Crippen molar-refractivity contribution in [3.8, 4) is 0 Å². The lowest BCUT2D eigenvalue weighted by Gasteiger charge is -2.42. The van der Waals surface area contributed by atoms with Gasteiger partial charge in [-0.3, -0.25) is 0 Å². The van der Waals surface area contributed by atoms with Crippen molar-refractivity contribution in [2.45, 2.75) is 58.5 Å². The number of carbonyl (C=O) groups excluding carboxylic acids is 1. The largest absolute Gasteiger partial charge is 0.444 e. The lowest BCUT2D eigenvalue weighted by Crippen LogP contribution is -2.50. The number of ether oxygens (including phenoxy) is 1. The highest BCUT2D eigenvalue weighted by molar-refractivity contribution is 5.68. The number of benzene rings is 1. The first kappa shape index (κ1) is 19.8. The molecule has 1 saturated heterocycles. The first-order valence-electron chi connectivity index (χ1n) is 9.46. The summed E-state index contributed by atoms with van der Waals surface area (Å²) in [5.74, 6) is 0.634. The number of nitrogens with zero attached hydrogens (tertiary/aromatic N) is 1. The fourth-order valence-corrected chi connectivity index (χ4v) is 3.40. The molecule has 140 valence electrons. The summed E-state index contributed by atoms with van der Waals surface area (Å²) in [5, 5.41) is 3.64. The molecule has 1 aromatic rings. The molecule has 0 atom stereocenters. The Balaban J connectivity index is 2.06. The average Bonchev–Trinajstić information content (AvgIpc) is 2.54. The lowest BCUT2D eigenvalue weighted by molar-refractivity contribution is 0.0163. The molecule has 2 rings (SSSR count). The quantitative estimate of drug-likeness (QED) is 0.869. The molecular weight excluding hydrogens is 312 g/mol. The molecule has 0 spiro atoms. The maximum Gasteiger partial charge on any atom is 0.410 e. The highest BCUT2D eigenvalue weighted by atomic mass is 16.6. The molecule has 0 bridgehead atoms. The first-order chi connectivity index (χ1) is 11.7. The highest BCUT2D eigenvalue weighted by Gasteiger charge is 2.38. The van der Waals surface area contributed by atoms with E-state index in [1.165, 1.54) is 5.56 Å². The molecule has 0 aliphatic carbocycles. The fourth-order valence-electron chi connectivity index (χ4n) is 3.40. The monoisotopic (exact) mass is 346 g/mol. The van der Waals surface area contributed by atoms with Crippen molar-refractivity contribution in [3.05, 3.63) is 35.9 Å². The van der Waals surface area contributed by atoms with E-state index in [0.717, 1.165) is 39.0 Å². The molecule has 0 radical (unpaired) electrons. The van der Waals surface area contributed by atoms with Gasteiger partial charge in [-0.1, -0.05) is 44.2 Å². The van der Waals surface area contributed by atoms with E-state index in [2.05, 4.69) is 49.5 Å². The smallest absolute Gasteiger partial charge is 0.410 e. The van der Waals surface area contributed by atoms with Crippen molar-refractivity contribution in [1.29, 1.82) is 0 Å². The first-order valence-corrected chi connectivity index (χ1v) is 9.46. The summed E-state index contributed by atoms with van der Waals surface area (Å²) in [4.78, 5) is 14.2. The molecule has 1 aliphatic rings. The van der Waals surface area contributed by atoms with Crippen LogP contribution in [-0.2, 0) is 10.2 Å². The van der Waals surface area contributed by atoms with Crippen molar-refractivity contribution < 1.29 is 9.53 Å². The number of rotatable bonds is 5. The van der Waals surface area contributed by atoms with Gasteiger partial charge in [-0.15, -0.1) is 0 Å². The number of piperidine rings is 1. The minimum atomic E-state index is -0.441. The van der Waals surface area contributed by atoms with E-state index < -0.39 is 5.60 Å². The van der Waals surface area contributed by atoms with Crippen molar-refractivity contribution in [3.63, 3.8) is 0 Å². The summed E-state index contributed by atoms with van der Waals surface area (Å²) < 4.78 is 5.54. The number of likely N-dealkylation sites (tertiary alicyclic amines) is 1. The normalized spacial score (nSPS) is 17.6. The van der Waals surface area contributed by atoms with Crippen LogP contribution in [0.5, 0.6) is 0 Å². The van der Waals surface area contributed by atoms with Gasteiger partial charge in [0, 0.05) is 25.0 Å². The van der Waals surface area contributed by atoms with Crippen molar-refractivity contribution in [2.75, 3.05) is 26.2 Å². The molecule has 0 aromatic heterocycles. The molecule has 4 heteroatoms. The molecular formula is C21H34N2O2. The zero-order valence-corrected chi connectivity index (χ0v) is 16.5. The second-order valence-corrected chi connectivity index (χ2v) is 8.64. The van der Waals surface area contributed by atoms with Crippen LogP contribution in [0.4, 0.5) is 4.79 Å². The molecule has 1 aromatic carbocycles. The second-order valence-electron chi connectivity index (χ2n) is 8.64. The van der Waals surface area contributed by atoms with Gasteiger partial charge in [0.05, 0.1) is 0 Å². The standard InChI is InChI=1S/C21H34N2O2/c1-17(2)15-22-16-21(18-9-7-6-8-10-18)11-13-23(14-12-21)19(24)25-20(3,4)5/h6-10,17,22H,11-16H2,1-5H3. The van der Waals surface area contributed by atoms with Crippen LogP contribution in [0, 0.1) is 5.92 Å². The van der Waals surface area contributed by atoms with Gasteiger partial charge in [0.15, 0.2) is 0 Å². The summed E-state index contributed by atoms with van der Waals surface area (Å²) in [7, 11) is 0. The van der Waals surface area contributed by atoms with Crippen LogP contribution in [0.15, 0.2) is 30.3 Å². The molecule has 1 heterocycles. The van der Waals surface area contributed by atoms with Crippen LogP contribution in [0.1, 0.15) is 53.0 Å². The van der Waals surface area contributed by atoms with Gasteiger partial charge in [0.1, 0.15) is 5.60 Å². The van der Waals surface area contributed by atoms with Crippen LogP contribution >= 0.6 is 0 Å².